The fourth-order valence-corrected chi connectivity index (χ4v) is 5.10. The van der Waals surface area contributed by atoms with Crippen LogP contribution in [0.25, 0.3) is 0 Å². The Morgan fingerprint density at radius 1 is 0.970 bits per heavy atom. The molecule has 0 saturated carbocycles. The largest absolute Gasteiger partial charge is 0.465 e. The second-order valence-corrected chi connectivity index (χ2v) is 9.94. The zero-order valence-corrected chi connectivity index (χ0v) is 19.8. The molecule has 2 N–H and O–H groups in total. The smallest absolute Gasteiger partial charge is 0.306 e. The van der Waals surface area contributed by atoms with Crippen molar-refractivity contribution in [2.24, 2.45) is 0 Å². The van der Waals surface area contributed by atoms with Crippen molar-refractivity contribution in [2.75, 3.05) is 25.0 Å². The van der Waals surface area contributed by atoms with Gasteiger partial charge < -0.3 is 15.4 Å². The predicted molar refractivity (Wildman–Crippen MR) is 129 cm³/mol. The van der Waals surface area contributed by atoms with Crippen LogP contribution < -0.4 is 10.6 Å². The Kier molecular flexibility index (Phi) is 8.93. The van der Waals surface area contributed by atoms with Crippen molar-refractivity contribution < 1.29 is 22.7 Å². The molecule has 3 rings (SSSR count). The van der Waals surface area contributed by atoms with Crippen LogP contribution in [0.2, 0.25) is 0 Å². The molecule has 1 amide bonds. The molecule has 0 bridgehead atoms. The van der Waals surface area contributed by atoms with Crippen LogP contribution in [0, 0.1) is 0 Å². The monoisotopic (exact) mass is 489 g/mol. The third kappa shape index (κ3) is 7.62. The number of nitrogens with zero attached hydrogens (tertiary/aromatic N) is 1. The second-order valence-electron chi connectivity index (χ2n) is 7.59. The van der Waals surface area contributed by atoms with Gasteiger partial charge >= 0.3 is 5.97 Å². The van der Waals surface area contributed by atoms with E-state index in [0.717, 1.165) is 18.4 Å². The molecule has 0 spiro atoms. The Morgan fingerprint density at radius 2 is 1.64 bits per heavy atom. The minimum atomic E-state index is -3.48. The van der Waals surface area contributed by atoms with E-state index in [-0.39, 0.29) is 29.5 Å². The summed E-state index contributed by atoms with van der Waals surface area (Å²) in [6.07, 6.45) is 2.26. The molecule has 1 fully saturated rings. The predicted octanol–water partition coefficient (Wildman–Crippen LogP) is 2.85. The molecule has 1 aliphatic rings. The summed E-state index contributed by atoms with van der Waals surface area (Å²) in [5.74, 6) is -0.865. The molecule has 0 radical (unpaired) electrons. The zero-order valence-electron chi connectivity index (χ0n) is 18.2. The normalized spacial score (nSPS) is 13.9. The van der Waals surface area contributed by atoms with Crippen molar-refractivity contribution in [3.8, 4) is 0 Å². The summed E-state index contributed by atoms with van der Waals surface area (Å²) in [5, 5.41) is 5.40. The van der Waals surface area contributed by atoms with Gasteiger partial charge in [0.2, 0.25) is 15.9 Å². The molecular weight excluding hydrogens is 462 g/mol. The number of thiocarbonyl (C=S) groups is 1. The minimum Gasteiger partial charge on any atom is -0.465 e. The SMILES string of the molecule is O=C(CCC(=O)OCCc1ccccc1)NC(=S)Nc1ccc(S(=O)(=O)N2CCCC2)cc1. The third-order valence-electron chi connectivity index (χ3n) is 5.12. The highest BCUT2D eigenvalue weighted by molar-refractivity contribution is 7.89. The summed E-state index contributed by atoms with van der Waals surface area (Å²) in [6, 6.07) is 15.9. The van der Waals surface area contributed by atoms with Gasteiger partial charge in [-0.3, -0.25) is 9.59 Å². The van der Waals surface area contributed by atoms with Gasteiger partial charge in [-0.2, -0.15) is 4.31 Å². The first-order valence-electron chi connectivity index (χ1n) is 10.8. The van der Waals surface area contributed by atoms with E-state index in [1.165, 1.54) is 16.4 Å². The summed E-state index contributed by atoms with van der Waals surface area (Å²) < 4.78 is 31.8. The van der Waals surface area contributed by atoms with Crippen molar-refractivity contribution in [1.82, 2.24) is 9.62 Å². The molecule has 0 atom stereocenters. The number of sulfonamides is 1. The van der Waals surface area contributed by atoms with Gasteiger partial charge in [-0.1, -0.05) is 30.3 Å². The maximum absolute atomic E-state index is 12.6. The van der Waals surface area contributed by atoms with E-state index in [0.29, 0.717) is 25.2 Å². The standard InChI is InChI=1S/C23H27N3O5S2/c27-21(12-13-22(28)31-17-14-18-6-2-1-3-7-18)25-23(32)24-19-8-10-20(11-9-19)33(29,30)26-15-4-5-16-26/h1-3,6-11H,4-5,12-17H2,(H2,24,25,27,32). The van der Waals surface area contributed by atoms with Crippen LogP contribution in [-0.4, -0.2) is 49.4 Å². The van der Waals surface area contributed by atoms with Crippen LogP contribution in [0.3, 0.4) is 0 Å². The number of ether oxygens (including phenoxy) is 1. The van der Waals surface area contributed by atoms with Crippen molar-refractivity contribution in [2.45, 2.75) is 37.0 Å². The minimum absolute atomic E-state index is 0.0493. The van der Waals surface area contributed by atoms with E-state index in [1.54, 1.807) is 12.1 Å². The highest BCUT2D eigenvalue weighted by Crippen LogP contribution is 2.22. The molecule has 1 saturated heterocycles. The number of carbonyl (C=O) groups excluding carboxylic acids is 2. The number of rotatable bonds is 9. The lowest BCUT2D eigenvalue weighted by molar-refractivity contribution is -0.144. The summed E-state index contributed by atoms with van der Waals surface area (Å²) in [7, 11) is -3.48. The summed E-state index contributed by atoms with van der Waals surface area (Å²) in [5.41, 5.74) is 1.61. The number of nitrogens with one attached hydrogen (secondary N) is 2. The maximum atomic E-state index is 12.6. The van der Waals surface area contributed by atoms with Gasteiger partial charge in [0.1, 0.15) is 0 Å². The van der Waals surface area contributed by atoms with E-state index in [9.17, 15) is 18.0 Å². The first kappa shape index (κ1) is 24.8. The van der Waals surface area contributed by atoms with E-state index in [4.69, 9.17) is 17.0 Å². The van der Waals surface area contributed by atoms with Gasteiger partial charge in [-0.25, -0.2) is 8.42 Å². The fraction of sp³-hybridized carbons (Fsp3) is 0.348. The highest BCUT2D eigenvalue weighted by Gasteiger charge is 2.26. The van der Waals surface area contributed by atoms with Crippen LogP contribution in [0.15, 0.2) is 59.5 Å². The fourth-order valence-electron chi connectivity index (χ4n) is 3.35. The summed E-state index contributed by atoms with van der Waals surface area (Å²) in [6.45, 7) is 1.34. The van der Waals surface area contributed by atoms with Crippen molar-refractivity contribution >= 4 is 44.9 Å². The molecule has 10 heteroatoms. The Bertz CT molecular complexity index is 1070. The van der Waals surface area contributed by atoms with Crippen LogP contribution in [-0.2, 0) is 30.8 Å². The Balaban J connectivity index is 1.37. The molecule has 176 valence electrons. The number of benzene rings is 2. The lowest BCUT2D eigenvalue weighted by Crippen LogP contribution is -2.34. The van der Waals surface area contributed by atoms with Crippen LogP contribution in [0.5, 0.6) is 0 Å². The van der Waals surface area contributed by atoms with Crippen molar-refractivity contribution in [3.63, 3.8) is 0 Å². The molecular formula is C23H27N3O5S2. The molecule has 2 aromatic rings. The van der Waals surface area contributed by atoms with E-state index < -0.39 is 21.9 Å². The molecule has 1 heterocycles. The number of esters is 1. The second kappa shape index (κ2) is 11.9. The first-order chi connectivity index (χ1) is 15.8. The van der Waals surface area contributed by atoms with Gasteiger partial charge in [0, 0.05) is 31.6 Å². The topological polar surface area (TPSA) is 105 Å². The van der Waals surface area contributed by atoms with Crippen LogP contribution >= 0.6 is 12.2 Å². The molecule has 8 nitrogen and oxygen atoms in total. The number of amides is 1. The summed E-state index contributed by atoms with van der Waals surface area (Å²) in [4.78, 5) is 24.1. The van der Waals surface area contributed by atoms with Gasteiger partial charge in [0.05, 0.1) is 17.9 Å². The average molecular weight is 490 g/mol. The van der Waals surface area contributed by atoms with E-state index in [2.05, 4.69) is 10.6 Å². The molecule has 0 aliphatic carbocycles. The van der Waals surface area contributed by atoms with Gasteiger partial charge in [0.15, 0.2) is 5.11 Å². The van der Waals surface area contributed by atoms with Gasteiger partial charge in [0.25, 0.3) is 0 Å². The van der Waals surface area contributed by atoms with Crippen molar-refractivity contribution in [3.05, 3.63) is 60.2 Å². The zero-order chi connectivity index (χ0) is 23.7. The highest BCUT2D eigenvalue weighted by atomic mass is 32.2. The third-order valence-corrected chi connectivity index (χ3v) is 7.24. The quantitative estimate of drug-likeness (QED) is 0.412. The Hall–Kier alpha value is -2.82. The Labute approximate surface area is 199 Å². The van der Waals surface area contributed by atoms with Gasteiger partial charge in [-0.05, 0) is 54.9 Å². The van der Waals surface area contributed by atoms with Crippen molar-refractivity contribution in [1.29, 1.82) is 0 Å². The average Bonchev–Trinajstić information content (AvgIpc) is 3.35. The maximum Gasteiger partial charge on any atom is 0.306 e. The molecule has 33 heavy (non-hydrogen) atoms. The lowest BCUT2D eigenvalue weighted by Gasteiger charge is -2.16. The Morgan fingerprint density at radius 3 is 2.30 bits per heavy atom. The van der Waals surface area contributed by atoms with Crippen LogP contribution in [0.1, 0.15) is 31.2 Å². The number of carbonyl (C=O) groups is 2. The van der Waals surface area contributed by atoms with Crippen LogP contribution in [0.4, 0.5) is 5.69 Å². The molecule has 1 aliphatic heterocycles. The summed E-state index contributed by atoms with van der Waals surface area (Å²) >= 11 is 5.12. The first-order valence-corrected chi connectivity index (χ1v) is 12.6. The number of anilines is 1. The number of hydrogen-bond donors (Lipinski definition) is 2. The lowest BCUT2D eigenvalue weighted by atomic mass is 10.2. The van der Waals surface area contributed by atoms with Gasteiger partial charge in [-0.15, -0.1) is 0 Å². The molecule has 0 unspecified atom stereocenters. The van der Waals surface area contributed by atoms with E-state index >= 15 is 0 Å². The van der Waals surface area contributed by atoms with E-state index in [1.807, 2.05) is 30.3 Å². The molecule has 0 aromatic heterocycles. The number of hydrogen-bond acceptors (Lipinski definition) is 6. The molecule has 2 aromatic carbocycles.